The van der Waals surface area contributed by atoms with E-state index in [1.165, 1.54) is 49.9 Å². The SMILES string of the molecule is CCONC(=O)c1ccc(CN2CCC(C[C@@H]3C[C@H]3c3ccccc3)CC2)cc1. The van der Waals surface area contributed by atoms with Crippen LogP contribution in [0.15, 0.2) is 54.6 Å². The zero-order valence-corrected chi connectivity index (χ0v) is 17.3. The Morgan fingerprint density at radius 2 is 1.79 bits per heavy atom. The molecule has 1 aliphatic carbocycles. The fourth-order valence-corrected chi connectivity index (χ4v) is 4.64. The number of likely N-dealkylation sites (tertiary alicyclic amines) is 1. The first-order chi connectivity index (χ1) is 14.2. The number of piperidine rings is 1. The van der Waals surface area contributed by atoms with Gasteiger partial charge in [0.05, 0.1) is 6.61 Å². The van der Waals surface area contributed by atoms with Gasteiger partial charge >= 0.3 is 0 Å². The first-order valence-electron chi connectivity index (χ1n) is 11.0. The average Bonchev–Trinajstić information content (AvgIpc) is 3.54. The summed E-state index contributed by atoms with van der Waals surface area (Å²) in [6, 6.07) is 18.9. The second-order valence-electron chi connectivity index (χ2n) is 8.53. The minimum Gasteiger partial charge on any atom is -0.299 e. The zero-order chi connectivity index (χ0) is 20.1. The molecular formula is C25H32N2O2. The van der Waals surface area contributed by atoms with Gasteiger partial charge in [0.15, 0.2) is 0 Å². The second-order valence-corrected chi connectivity index (χ2v) is 8.53. The number of nitrogens with zero attached hydrogens (tertiary/aromatic N) is 1. The summed E-state index contributed by atoms with van der Waals surface area (Å²) in [6.07, 6.45) is 5.41. The Morgan fingerprint density at radius 3 is 2.48 bits per heavy atom. The number of amides is 1. The van der Waals surface area contributed by atoms with E-state index in [1.54, 1.807) is 0 Å². The Bertz CT molecular complexity index is 782. The molecule has 1 amide bonds. The first kappa shape index (κ1) is 20.1. The molecule has 0 radical (unpaired) electrons. The molecule has 1 heterocycles. The van der Waals surface area contributed by atoms with Gasteiger partial charge in [-0.25, -0.2) is 5.48 Å². The zero-order valence-electron chi connectivity index (χ0n) is 17.3. The molecule has 154 valence electrons. The summed E-state index contributed by atoms with van der Waals surface area (Å²) < 4.78 is 0. The fourth-order valence-electron chi connectivity index (χ4n) is 4.64. The maximum atomic E-state index is 11.9. The highest BCUT2D eigenvalue weighted by molar-refractivity contribution is 5.93. The molecule has 0 unspecified atom stereocenters. The lowest BCUT2D eigenvalue weighted by Crippen LogP contribution is -2.33. The molecule has 4 rings (SSSR count). The molecule has 0 spiro atoms. The third kappa shape index (κ3) is 5.46. The molecule has 1 saturated heterocycles. The molecular weight excluding hydrogens is 360 g/mol. The van der Waals surface area contributed by atoms with Crippen LogP contribution in [-0.2, 0) is 11.4 Å². The molecule has 2 aromatic rings. The molecule has 2 aromatic carbocycles. The number of carbonyl (C=O) groups is 1. The summed E-state index contributed by atoms with van der Waals surface area (Å²) in [4.78, 5) is 19.4. The van der Waals surface area contributed by atoms with Crippen LogP contribution >= 0.6 is 0 Å². The molecule has 4 nitrogen and oxygen atoms in total. The fraction of sp³-hybridized carbons (Fsp3) is 0.480. The molecule has 4 heteroatoms. The van der Waals surface area contributed by atoms with Gasteiger partial charge in [-0.15, -0.1) is 0 Å². The number of rotatable bonds is 8. The van der Waals surface area contributed by atoms with Gasteiger partial charge in [-0.3, -0.25) is 14.5 Å². The minimum absolute atomic E-state index is 0.187. The van der Waals surface area contributed by atoms with Crippen molar-refractivity contribution in [3.05, 3.63) is 71.3 Å². The van der Waals surface area contributed by atoms with Crippen molar-refractivity contribution in [1.82, 2.24) is 10.4 Å². The minimum atomic E-state index is -0.187. The quantitative estimate of drug-likeness (QED) is 0.658. The third-order valence-electron chi connectivity index (χ3n) is 6.43. The van der Waals surface area contributed by atoms with Gasteiger partial charge in [-0.1, -0.05) is 42.5 Å². The normalized spacial score (nSPS) is 22.4. The van der Waals surface area contributed by atoms with Crippen LogP contribution in [0.3, 0.4) is 0 Å². The van der Waals surface area contributed by atoms with Crippen molar-refractivity contribution in [3.8, 4) is 0 Å². The Balaban J connectivity index is 1.19. The number of carbonyl (C=O) groups excluding carboxylic acids is 1. The molecule has 0 aromatic heterocycles. The predicted molar refractivity (Wildman–Crippen MR) is 115 cm³/mol. The van der Waals surface area contributed by atoms with E-state index in [1.807, 2.05) is 19.1 Å². The van der Waals surface area contributed by atoms with Crippen molar-refractivity contribution >= 4 is 5.91 Å². The lowest BCUT2D eigenvalue weighted by Gasteiger charge is -2.32. The second kappa shape index (κ2) is 9.55. The molecule has 1 N–H and O–H groups in total. The van der Waals surface area contributed by atoms with Crippen LogP contribution in [0.4, 0.5) is 0 Å². The largest absolute Gasteiger partial charge is 0.299 e. The standard InChI is InChI=1S/C25H32N2O2/c1-2-29-26-25(28)22-10-8-20(9-11-22)18-27-14-12-19(13-15-27)16-23-17-24(23)21-6-4-3-5-7-21/h3-11,19,23-24H,2,12-18H2,1H3,(H,26,28)/t23-,24+/m1/s1. The highest BCUT2D eigenvalue weighted by Crippen LogP contribution is 2.51. The summed E-state index contributed by atoms with van der Waals surface area (Å²) in [5.41, 5.74) is 5.88. The van der Waals surface area contributed by atoms with E-state index in [9.17, 15) is 4.79 Å². The van der Waals surface area contributed by atoms with Gasteiger partial charge in [0.25, 0.3) is 5.91 Å². The van der Waals surface area contributed by atoms with E-state index >= 15 is 0 Å². The molecule has 1 saturated carbocycles. The molecule has 29 heavy (non-hydrogen) atoms. The predicted octanol–water partition coefficient (Wildman–Crippen LogP) is 4.77. The summed E-state index contributed by atoms with van der Waals surface area (Å²) in [6.45, 7) is 5.64. The topological polar surface area (TPSA) is 41.6 Å². The van der Waals surface area contributed by atoms with E-state index in [0.29, 0.717) is 12.2 Å². The van der Waals surface area contributed by atoms with Gasteiger partial charge in [-0.2, -0.15) is 0 Å². The Morgan fingerprint density at radius 1 is 1.07 bits per heavy atom. The maximum absolute atomic E-state index is 11.9. The number of hydrogen-bond donors (Lipinski definition) is 1. The van der Waals surface area contributed by atoms with E-state index in [2.05, 4.69) is 52.8 Å². The first-order valence-corrected chi connectivity index (χ1v) is 11.0. The molecule has 2 atom stereocenters. The number of hydroxylamine groups is 1. The van der Waals surface area contributed by atoms with Crippen LogP contribution < -0.4 is 5.48 Å². The molecule has 2 fully saturated rings. The highest BCUT2D eigenvalue weighted by Gasteiger charge is 2.39. The van der Waals surface area contributed by atoms with E-state index in [-0.39, 0.29) is 5.91 Å². The summed E-state index contributed by atoms with van der Waals surface area (Å²) in [5, 5.41) is 0. The Kier molecular flexibility index (Phi) is 6.63. The number of nitrogens with one attached hydrogen (secondary N) is 1. The van der Waals surface area contributed by atoms with Crippen LogP contribution in [0.1, 0.15) is 60.0 Å². The van der Waals surface area contributed by atoms with Gasteiger partial charge in [0.1, 0.15) is 0 Å². The van der Waals surface area contributed by atoms with Crippen molar-refractivity contribution in [2.24, 2.45) is 11.8 Å². The summed E-state index contributed by atoms with van der Waals surface area (Å²) >= 11 is 0. The van der Waals surface area contributed by atoms with Crippen molar-refractivity contribution in [3.63, 3.8) is 0 Å². The Labute approximate surface area is 174 Å². The van der Waals surface area contributed by atoms with E-state index in [0.717, 1.165) is 24.3 Å². The third-order valence-corrected chi connectivity index (χ3v) is 6.43. The summed E-state index contributed by atoms with van der Waals surface area (Å²) in [5.74, 6) is 2.42. The van der Waals surface area contributed by atoms with E-state index < -0.39 is 0 Å². The molecule has 1 aliphatic heterocycles. The smallest absolute Gasteiger partial charge is 0.274 e. The van der Waals surface area contributed by atoms with Gasteiger partial charge < -0.3 is 0 Å². The lowest BCUT2D eigenvalue weighted by molar-refractivity contribution is 0.0364. The van der Waals surface area contributed by atoms with Crippen molar-refractivity contribution in [2.45, 2.75) is 45.1 Å². The van der Waals surface area contributed by atoms with Gasteiger partial charge in [-0.05, 0) is 86.7 Å². The lowest BCUT2D eigenvalue weighted by atomic mass is 9.90. The molecule has 2 aliphatic rings. The van der Waals surface area contributed by atoms with Crippen LogP contribution in [0.25, 0.3) is 0 Å². The number of benzene rings is 2. The monoisotopic (exact) mass is 392 g/mol. The van der Waals surface area contributed by atoms with Crippen molar-refractivity contribution < 1.29 is 9.63 Å². The van der Waals surface area contributed by atoms with Crippen LogP contribution in [-0.4, -0.2) is 30.5 Å². The maximum Gasteiger partial charge on any atom is 0.274 e. The van der Waals surface area contributed by atoms with Crippen LogP contribution in [0.5, 0.6) is 0 Å². The Hall–Kier alpha value is -2.17. The van der Waals surface area contributed by atoms with Gasteiger partial charge in [0, 0.05) is 12.1 Å². The van der Waals surface area contributed by atoms with Crippen LogP contribution in [0.2, 0.25) is 0 Å². The van der Waals surface area contributed by atoms with Crippen molar-refractivity contribution in [2.75, 3.05) is 19.7 Å². The summed E-state index contributed by atoms with van der Waals surface area (Å²) in [7, 11) is 0. The van der Waals surface area contributed by atoms with Crippen LogP contribution in [0, 0.1) is 11.8 Å². The number of hydrogen-bond acceptors (Lipinski definition) is 3. The van der Waals surface area contributed by atoms with E-state index in [4.69, 9.17) is 4.84 Å². The van der Waals surface area contributed by atoms with Crippen molar-refractivity contribution in [1.29, 1.82) is 0 Å². The average molecular weight is 393 g/mol. The van der Waals surface area contributed by atoms with Gasteiger partial charge in [0.2, 0.25) is 0 Å². The highest BCUT2D eigenvalue weighted by atomic mass is 16.6. The molecule has 0 bridgehead atoms.